The molecule has 2 aromatic rings. The number of aromatic nitrogens is 2. The number of benzene rings is 1. The summed E-state index contributed by atoms with van der Waals surface area (Å²) in [6.07, 6.45) is -3.15. The van der Waals surface area contributed by atoms with E-state index in [0.717, 1.165) is 29.7 Å². The van der Waals surface area contributed by atoms with Crippen molar-refractivity contribution in [3.63, 3.8) is 0 Å². The van der Waals surface area contributed by atoms with Crippen LogP contribution >= 0.6 is 0 Å². The van der Waals surface area contributed by atoms with Crippen molar-refractivity contribution in [3.8, 4) is 5.75 Å². The summed E-state index contributed by atoms with van der Waals surface area (Å²) < 4.78 is 44.6. The van der Waals surface area contributed by atoms with Crippen molar-refractivity contribution >= 4 is 17.3 Å². The average Bonchev–Trinajstić information content (AvgIpc) is 3.34. The first kappa shape index (κ1) is 18.7. The molecule has 0 atom stereocenters. The van der Waals surface area contributed by atoms with Crippen LogP contribution in [-0.2, 0) is 17.5 Å². The van der Waals surface area contributed by atoms with Crippen LogP contribution in [-0.4, -0.2) is 27.7 Å². The Bertz CT molecular complexity index is 890. The number of rotatable bonds is 6. The highest BCUT2D eigenvalue weighted by atomic mass is 19.4. The Kier molecular flexibility index (Phi) is 4.77. The summed E-state index contributed by atoms with van der Waals surface area (Å²) in [6, 6.07) is 4.80. The Balaban J connectivity index is 1.81. The zero-order valence-electron chi connectivity index (χ0n) is 14.1. The normalized spacial score (nSPS) is 14.1. The minimum Gasteiger partial charge on any atom is -0.496 e. The molecule has 11 heteroatoms. The maximum Gasteiger partial charge on any atom is 0.435 e. The van der Waals surface area contributed by atoms with Crippen LogP contribution in [0.3, 0.4) is 0 Å². The van der Waals surface area contributed by atoms with Crippen LogP contribution in [0.4, 0.5) is 24.5 Å². The number of nitro groups is 1. The standard InChI is InChI=1S/C16H15F3N4O4/c1-27-10-4-5-11(13(6-10)23(25)26)20-15(24)8-22-12(9-2-3-9)7-14(21-22)16(17,18)19/h4-7,9H,2-3,8H2,1H3,(H,20,24). The van der Waals surface area contributed by atoms with Gasteiger partial charge in [0.15, 0.2) is 5.69 Å². The molecule has 1 saturated carbocycles. The lowest BCUT2D eigenvalue weighted by Crippen LogP contribution is -2.21. The van der Waals surface area contributed by atoms with Crippen molar-refractivity contribution in [2.24, 2.45) is 0 Å². The summed E-state index contributed by atoms with van der Waals surface area (Å²) in [7, 11) is 1.34. The van der Waals surface area contributed by atoms with Gasteiger partial charge in [-0.1, -0.05) is 0 Å². The van der Waals surface area contributed by atoms with E-state index in [4.69, 9.17) is 4.74 Å². The molecule has 1 amide bonds. The van der Waals surface area contributed by atoms with Crippen molar-refractivity contribution in [1.82, 2.24) is 9.78 Å². The van der Waals surface area contributed by atoms with Gasteiger partial charge in [0.05, 0.1) is 18.1 Å². The van der Waals surface area contributed by atoms with Gasteiger partial charge in [-0.2, -0.15) is 18.3 Å². The van der Waals surface area contributed by atoms with Crippen LogP contribution in [0.1, 0.15) is 30.1 Å². The van der Waals surface area contributed by atoms with Gasteiger partial charge < -0.3 is 10.1 Å². The Morgan fingerprint density at radius 3 is 2.67 bits per heavy atom. The second-order valence-electron chi connectivity index (χ2n) is 6.07. The van der Waals surface area contributed by atoms with Crippen LogP contribution in [0.5, 0.6) is 5.75 Å². The third kappa shape index (κ3) is 4.18. The van der Waals surface area contributed by atoms with Crippen LogP contribution in [0, 0.1) is 10.1 Å². The second-order valence-corrected chi connectivity index (χ2v) is 6.07. The highest BCUT2D eigenvalue weighted by molar-refractivity contribution is 5.93. The first-order valence-corrected chi connectivity index (χ1v) is 7.96. The molecule has 0 spiro atoms. The maximum atomic E-state index is 12.9. The van der Waals surface area contributed by atoms with Gasteiger partial charge in [0.2, 0.25) is 5.91 Å². The zero-order chi connectivity index (χ0) is 19.8. The fourth-order valence-corrected chi connectivity index (χ4v) is 2.63. The summed E-state index contributed by atoms with van der Waals surface area (Å²) in [5.74, 6) is -0.545. The van der Waals surface area contributed by atoms with E-state index in [-0.39, 0.29) is 23.0 Å². The number of nitrogens with zero attached hydrogens (tertiary/aromatic N) is 3. The van der Waals surface area contributed by atoms with Gasteiger partial charge in [0.1, 0.15) is 18.0 Å². The van der Waals surface area contributed by atoms with Gasteiger partial charge in [-0.05, 0) is 31.0 Å². The lowest BCUT2D eigenvalue weighted by atomic mass is 10.2. The highest BCUT2D eigenvalue weighted by Gasteiger charge is 2.38. The zero-order valence-corrected chi connectivity index (χ0v) is 14.1. The molecule has 0 radical (unpaired) electrons. The molecule has 1 N–H and O–H groups in total. The molecular weight excluding hydrogens is 369 g/mol. The highest BCUT2D eigenvalue weighted by Crippen LogP contribution is 2.42. The van der Waals surface area contributed by atoms with E-state index in [1.165, 1.54) is 19.2 Å². The number of hydrogen-bond donors (Lipinski definition) is 1. The van der Waals surface area contributed by atoms with Gasteiger partial charge in [-0.25, -0.2) is 0 Å². The van der Waals surface area contributed by atoms with Gasteiger partial charge in [0.25, 0.3) is 5.69 Å². The summed E-state index contributed by atoms with van der Waals surface area (Å²) in [4.78, 5) is 22.7. The monoisotopic (exact) mass is 384 g/mol. The number of hydrogen-bond acceptors (Lipinski definition) is 5. The van der Waals surface area contributed by atoms with E-state index in [1.54, 1.807) is 0 Å². The molecule has 0 saturated heterocycles. The van der Waals surface area contributed by atoms with E-state index < -0.39 is 29.2 Å². The summed E-state index contributed by atoms with van der Waals surface area (Å²) >= 11 is 0. The van der Waals surface area contributed by atoms with Gasteiger partial charge in [0, 0.05) is 11.6 Å². The number of amides is 1. The van der Waals surface area contributed by atoms with E-state index in [0.29, 0.717) is 5.69 Å². The summed E-state index contributed by atoms with van der Waals surface area (Å²) in [5, 5.41) is 17.0. The molecule has 1 aliphatic carbocycles. The number of carbonyl (C=O) groups excluding carboxylic acids is 1. The first-order chi connectivity index (χ1) is 12.7. The lowest BCUT2D eigenvalue weighted by Gasteiger charge is -2.09. The minimum atomic E-state index is -4.61. The van der Waals surface area contributed by atoms with Crippen molar-refractivity contribution in [1.29, 1.82) is 0 Å². The van der Waals surface area contributed by atoms with Gasteiger partial charge >= 0.3 is 6.18 Å². The van der Waals surface area contributed by atoms with E-state index in [1.807, 2.05) is 0 Å². The van der Waals surface area contributed by atoms with Gasteiger partial charge in [-0.15, -0.1) is 0 Å². The fourth-order valence-electron chi connectivity index (χ4n) is 2.63. The molecule has 144 valence electrons. The minimum absolute atomic E-state index is 0.0586. The summed E-state index contributed by atoms with van der Waals surface area (Å²) in [6.45, 7) is -0.481. The molecule has 3 rings (SSSR count). The first-order valence-electron chi connectivity index (χ1n) is 7.96. The summed E-state index contributed by atoms with van der Waals surface area (Å²) in [5.41, 5.74) is -1.20. The van der Waals surface area contributed by atoms with Crippen LogP contribution in [0.15, 0.2) is 24.3 Å². The number of methoxy groups -OCH3 is 1. The SMILES string of the molecule is COc1ccc(NC(=O)Cn2nc(C(F)(F)F)cc2C2CC2)c([N+](=O)[O-])c1. The number of nitro benzene ring substituents is 1. The van der Waals surface area contributed by atoms with Crippen molar-refractivity contribution in [2.45, 2.75) is 31.5 Å². The molecular formula is C16H15F3N4O4. The topological polar surface area (TPSA) is 99.3 Å². The number of anilines is 1. The molecule has 0 unspecified atom stereocenters. The molecule has 8 nitrogen and oxygen atoms in total. The number of ether oxygens (including phenoxy) is 1. The molecule has 0 bridgehead atoms. The molecule has 1 heterocycles. The van der Waals surface area contributed by atoms with E-state index in [2.05, 4.69) is 10.4 Å². The Morgan fingerprint density at radius 2 is 2.11 bits per heavy atom. The second kappa shape index (κ2) is 6.89. The quantitative estimate of drug-likeness (QED) is 0.608. The Morgan fingerprint density at radius 1 is 1.41 bits per heavy atom. The molecule has 27 heavy (non-hydrogen) atoms. The van der Waals surface area contributed by atoms with Crippen LogP contribution in [0.25, 0.3) is 0 Å². The smallest absolute Gasteiger partial charge is 0.435 e. The maximum absolute atomic E-state index is 12.9. The van der Waals surface area contributed by atoms with Gasteiger partial charge in [-0.3, -0.25) is 19.6 Å². The van der Waals surface area contributed by atoms with Crippen molar-refractivity contribution < 1.29 is 27.6 Å². The molecule has 1 aromatic carbocycles. The number of nitrogens with one attached hydrogen (secondary N) is 1. The predicted molar refractivity (Wildman–Crippen MR) is 87.5 cm³/mol. The molecule has 1 fully saturated rings. The Labute approximate surface area is 151 Å². The number of alkyl halides is 3. The van der Waals surface area contributed by atoms with Crippen molar-refractivity contribution in [2.75, 3.05) is 12.4 Å². The van der Waals surface area contributed by atoms with Crippen LogP contribution in [0.2, 0.25) is 0 Å². The third-order valence-corrected chi connectivity index (χ3v) is 4.07. The largest absolute Gasteiger partial charge is 0.496 e. The number of carbonyl (C=O) groups is 1. The molecule has 1 aliphatic rings. The van der Waals surface area contributed by atoms with E-state index in [9.17, 15) is 28.1 Å². The molecule has 0 aliphatic heterocycles. The third-order valence-electron chi connectivity index (χ3n) is 4.07. The fraction of sp³-hybridized carbons (Fsp3) is 0.375. The predicted octanol–water partition coefficient (Wildman–Crippen LogP) is 3.33. The lowest BCUT2D eigenvalue weighted by molar-refractivity contribution is -0.384. The van der Waals surface area contributed by atoms with E-state index >= 15 is 0 Å². The Hall–Kier alpha value is -3.11. The van der Waals surface area contributed by atoms with Crippen molar-refractivity contribution in [3.05, 3.63) is 45.8 Å². The number of halogens is 3. The molecule has 1 aromatic heterocycles. The van der Waals surface area contributed by atoms with Crippen LogP contribution < -0.4 is 10.1 Å². The average molecular weight is 384 g/mol.